The Bertz CT molecular complexity index is 903. The van der Waals surface area contributed by atoms with Gasteiger partial charge in [0, 0.05) is 17.6 Å². The Kier molecular flexibility index (Phi) is 3.88. The second-order valence-electron chi connectivity index (χ2n) is 5.21. The maximum atomic E-state index is 13.0. The summed E-state index contributed by atoms with van der Waals surface area (Å²) < 4.78 is 38.9. The van der Waals surface area contributed by atoms with Crippen LogP contribution in [0.1, 0.15) is 21.5 Å². The lowest BCUT2D eigenvalue weighted by Crippen LogP contribution is -2.07. The summed E-state index contributed by atoms with van der Waals surface area (Å²) in [5.74, 6) is -1.06. The van der Waals surface area contributed by atoms with Gasteiger partial charge in [0.15, 0.2) is 0 Å². The number of carboxylic acids is 1. The molecule has 0 aliphatic carbocycles. The number of hydrogen-bond donors (Lipinski definition) is 3. The molecule has 0 aliphatic rings. The normalized spacial score (nSPS) is 11.6. The van der Waals surface area contributed by atoms with Crippen LogP contribution in [0.25, 0.3) is 10.9 Å². The van der Waals surface area contributed by atoms with Crippen LogP contribution in [0.15, 0.2) is 42.6 Å². The molecule has 1 aromatic heterocycles. The Hall–Kier alpha value is -3.03. The quantitative estimate of drug-likeness (QED) is 0.676. The first-order valence-electron chi connectivity index (χ1n) is 6.95. The number of nitrogens with zero attached hydrogens (tertiary/aromatic N) is 1. The van der Waals surface area contributed by atoms with Crippen LogP contribution >= 0.6 is 0 Å². The summed E-state index contributed by atoms with van der Waals surface area (Å²) in [4.78, 5) is 11.0. The molecule has 0 spiro atoms. The average Bonchev–Trinajstić information content (AvgIpc) is 3.00. The van der Waals surface area contributed by atoms with Crippen molar-refractivity contribution in [3.05, 3.63) is 59.3 Å². The van der Waals surface area contributed by atoms with Crippen molar-refractivity contribution in [3.63, 3.8) is 0 Å². The van der Waals surface area contributed by atoms with E-state index in [-0.39, 0.29) is 23.3 Å². The first kappa shape index (κ1) is 15.9. The number of hydrogen-bond acceptors (Lipinski definition) is 3. The summed E-state index contributed by atoms with van der Waals surface area (Å²) in [7, 11) is 0. The molecule has 8 heteroatoms. The summed E-state index contributed by atoms with van der Waals surface area (Å²) >= 11 is 0. The Morgan fingerprint density at radius 2 is 2.04 bits per heavy atom. The molecule has 0 atom stereocenters. The third kappa shape index (κ3) is 3.17. The standard InChI is InChI=1S/C16H12F3N3O2/c17-16(18,19)11-5-13(12-8-21-22-14(12)6-11)20-7-9-2-1-3-10(4-9)15(23)24/h1-6,8,20H,7H2,(H,21,22)(H,23,24). The van der Waals surface area contributed by atoms with Crippen LogP contribution in [0.4, 0.5) is 18.9 Å². The van der Waals surface area contributed by atoms with E-state index in [1.807, 2.05) is 0 Å². The molecule has 3 aromatic rings. The van der Waals surface area contributed by atoms with E-state index >= 15 is 0 Å². The number of carboxylic acid groups (broad SMARTS) is 1. The summed E-state index contributed by atoms with van der Waals surface area (Å²) in [6, 6.07) is 8.21. The van der Waals surface area contributed by atoms with E-state index in [0.29, 0.717) is 10.9 Å². The topological polar surface area (TPSA) is 78.0 Å². The molecule has 0 amide bonds. The molecule has 0 saturated heterocycles. The Morgan fingerprint density at radius 3 is 2.75 bits per heavy atom. The van der Waals surface area contributed by atoms with Gasteiger partial charge < -0.3 is 10.4 Å². The van der Waals surface area contributed by atoms with Gasteiger partial charge in [-0.1, -0.05) is 12.1 Å². The van der Waals surface area contributed by atoms with Crippen molar-refractivity contribution in [2.75, 3.05) is 5.32 Å². The van der Waals surface area contributed by atoms with Crippen molar-refractivity contribution in [1.82, 2.24) is 10.2 Å². The molecule has 0 aliphatic heterocycles. The molecule has 5 nitrogen and oxygen atoms in total. The predicted octanol–water partition coefficient (Wildman–Crippen LogP) is 3.89. The highest BCUT2D eigenvalue weighted by Crippen LogP contribution is 2.34. The number of alkyl halides is 3. The highest BCUT2D eigenvalue weighted by molar-refractivity contribution is 5.92. The number of rotatable bonds is 4. The maximum Gasteiger partial charge on any atom is 0.416 e. The van der Waals surface area contributed by atoms with Crippen molar-refractivity contribution >= 4 is 22.6 Å². The minimum Gasteiger partial charge on any atom is -0.478 e. The molecule has 2 aromatic carbocycles. The molecule has 3 rings (SSSR count). The van der Waals surface area contributed by atoms with E-state index in [1.54, 1.807) is 12.1 Å². The molecule has 0 radical (unpaired) electrons. The fourth-order valence-electron chi connectivity index (χ4n) is 2.37. The molecule has 0 unspecified atom stereocenters. The molecule has 124 valence electrons. The predicted molar refractivity (Wildman–Crippen MR) is 81.8 cm³/mol. The molecular formula is C16H12F3N3O2. The third-order valence-corrected chi connectivity index (χ3v) is 3.54. The van der Waals surface area contributed by atoms with Gasteiger partial charge in [-0.05, 0) is 29.8 Å². The van der Waals surface area contributed by atoms with Crippen molar-refractivity contribution in [2.45, 2.75) is 12.7 Å². The number of H-pyrrole nitrogens is 1. The van der Waals surface area contributed by atoms with Gasteiger partial charge in [0.05, 0.1) is 22.8 Å². The number of fused-ring (bicyclic) bond motifs is 1. The second-order valence-corrected chi connectivity index (χ2v) is 5.21. The number of halogens is 3. The zero-order chi connectivity index (χ0) is 17.3. The van der Waals surface area contributed by atoms with Crippen LogP contribution in [-0.4, -0.2) is 21.3 Å². The van der Waals surface area contributed by atoms with Gasteiger partial charge in [-0.2, -0.15) is 18.3 Å². The van der Waals surface area contributed by atoms with Gasteiger partial charge in [0.2, 0.25) is 0 Å². The highest BCUT2D eigenvalue weighted by atomic mass is 19.4. The molecule has 0 saturated carbocycles. The van der Waals surface area contributed by atoms with E-state index in [2.05, 4.69) is 15.5 Å². The van der Waals surface area contributed by atoms with E-state index in [9.17, 15) is 18.0 Å². The van der Waals surface area contributed by atoms with Crippen molar-refractivity contribution in [3.8, 4) is 0 Å². The SMILES string of the molecule is O=C(O)c1cccc(CNc2cc(C(F)(F)F)cc3[nH]ncc23)c1. The number of aromatic nitrogens is 2. The minimum atomic E-state index is -4.47. The first-order valence-corrected chi connectivity index (χ1v) is 6.95. The summed E-state index contributed by atoms with van der Waals surface area (Å²) in [6.45, 7) is 0.183. The van der Waals surface area contributed by atoms with Crippen LogP contribution in [-0.2, 0) is 12.7 Å². The Morgan fingerprint density at radius 1 is 1.25 bits per heavy atom. The van der Waals surface area contributed by atoms with Crippen LogP contribution < -0.4 is 5.32 Å². The van der Waals surface area contributed by atoms with Crippen LogP contribution in [0, 0.1) is 0 Å². The number of benzene rings is 2. The zero-order valence-corrected chi connectivity index (χ0v) is 12.2. The zero-order valence-electron chi connectivity index (χ0n) is 12.2. The summed E-state index contributed by atoms with van der Waals surface area (Å²) in [5, 5.41) is 18.7. The molecule has 1 heterocycles. The first-order chi connectivity index (χ1) is 11.3. The Balaban J connectivity index is 1.91. The lowest BCUT2D eigenvalue weighted by molar-refractivity contribution is -0.137. The number of aromatic amines is 1. The number of anilines is 1. The summed E-state index contributed by atoms with van der Waals surface area (Å²) in [6.07, 6.45) is -3.04. The van der Waals surface area contributed by atoms with Gasteiger partial charge in [-0.25, -0.2) is 4.79 Å². The van der Waals surface area contributed by atoms with E-state index in [0.717, 1.165) is 12.1 Å². The monoisotopic (exact) mass is 335 g/mol. The molecule has 24 heavy (non-hydrogen) atoms. The molecule has 3 N–H and O–H groups in total. The van der Waals surface area contributed by atoms with Gasteiger partial charge in [0.1, 0.15) is 0 Å². The van der Waals surface area contributed by atoms with Gasteiger partial charge >= 0.3 is 12.1 Å². The number of carbonyl (C=O) groups is 1. The fourth-order valence-corrected chi connectivity index (χ4v) is 2.37. The van der Waals surface area contributed by atoms with Gasteiger partial charge in [0.25, 0.3) is 0 Å². The van der Waals surface area contributed by atoms with Crippen LogP contribution in [0.5, 0.6) is 0 Å². The number of aromatic carboxylic acids is 1. The minimum absolute atomic E-state index is 0.117. The van der Waals surface area contributed by atoms with Crippen molar-refractivity contribution < 1.29 is 23.1 Å². The lowest BCUT2D eigenvalue weighted by Gasteiger charge is -2.12. The third-order valence-electron chi connectivity index (χ3n) is 3.54. The van der Waals surface area contributed by atoms with Gasteiger partial charge in [-0.15, -0.1) is 0 Å². The lowest BCUT2D eigenvalue weighted by atomic mass is 10.1. The number of nitrogens with one attached hydrogen (secondary N) is 2. The average molecular weight is 335 g/mol. The summed E-state index contributed by atoms with van der Waals surface area (Å²) in [5.41, 5.74) is 0.512. The molecule has 0 fully saturated rings. The van der Waals surface area contributed by atoms with Crippen LogP contribution in [0.3, 0.4) is 0 Å². The second kappa shape index (κ2) is 5.88. The van der Waals surface area contributed by atoms with Gasteiger partial charge in [-0.3, -0.25) is 5.10 Å². The largest absolute Gasteiger partial charge is 0.478 e. The highest BCUT2D eigenvalue weighted by Gasteiger charge is 2.31. The van der Waals surface area contributed by atoms with Crippen molar-refractivity contribution in [1.29, 1.82) is 0 Å². The molecule has 0 bridgehead atoms. The van der Waals surface area contributed by atoms with Crippen molar-refractivity contribution in [2.24, 2.45) is 0 Å². The smallest absolute Gasteiger partial charge is 0.416 e. The maximum absolute atomic E-state index is 13.0. The Labute approximate surface area is 134 Å². The van der Waals surface area contributed by atoms with E-state index in [4.69, 9.17) is 5.11 Å². The van der Waals surface area contributed by atoms with E-state index in [1.165, 1.54) is 18.3 Å². The van der Waals surface area contributed by atoms with E-state index < -0.39 is 17.7 Å². The van der Waals surface area contributed by atoms with Crippen LogP contribution in [0.2, 0.25) is 0 Å². The fraction of sp³-hybridized carbons (Fsp3) is 0.125. The molecular weight excluding hydrogens is 323 g/mol.